The number of aliphatic hydroxyl groups excluding tert-OH is 1. The summed E-state index contributed by atoms with van der Waals surface area (Å²) in [5.74, 6) is 0.0428. The number of nitrogens with one attached hydrogen (secondary N) is 1. The first kappa shape index (κ1) is 16.3. The molecule has 21 heavy (non-hydrogen) atoms. The topological polar surface area (TPSA) is 69.6 Å². The first-order valence-corrected chi connectivity index (χ1v) is 8.97. The maximum absolute atomic E-state index is 12.5. The van der Waals surface area contributed by atoms with E-state index in [-0.39, 0.29) is 12.5 Å². The zero-order valence-electron chi connectivity index (χ0n) is 12.5. The van der Waals surface area contributed by atoms with Gasteiger partial charge in [-0.2, -0.15) is 12.7 Å². The Kier molecular flexibility index (Phi) is 5.61. The van der Waals surface area contributed by atoms with Gasteiger partial charge in [-0.25, -0.2) is 0 Å². The fourth-order valence-electron chi connectivity index (χ4n) is 2.70. The lowest BCUT2D eigenvalue weighted by Gasteiger charge is -2.31. The van der Waals surface area contributed by atoms with Gasteiger partial charge in [0.1, 0.15) is 0 Å². The van der Waals surface area contributed by atoms with Crippen molar-refractivity contribution in [2.75, 3.05) is 24.4 Å². The van der Waals surface area contributed by atoms with Gasteiger partial charge in [-0.3, -0.25) is 4.72 Å². The molecule has 0 aliphatic carbocycles. The maximum atomic E-state index is 12.5. The Balaban J connectivity index is 2.14. The maximum Gasteiger partial charge on any atom is 0.301 e. The van der Waals surface area contributed by atoms with Crippen LogP contribution in [-0.2, 0) is 16.6 Å². The van der Waals surface area contributed by atoms with Crippen LogP contribution in [0.2, 0.25) is 0 Å². The summed E-state index contributed by atoms with van der Waals surface area (Å²) in [7, 11) is -3.55. The van der Waals surface area contributed by atoms with E-state index in [0.29, 0.717) is 18.8 Å². The highest BCUT2D eigenvalue weighted by molar-refractivity contribution is 7.90. The number of nitrogens with zero attached hydrogens (tertiary/aromatic N) is 1. The third-order valence-electron chi connectivity index (χ3n) is 3.86. The summed E-state index contributed by atoms with van der Waals surface area (Å²) >= 11 is 0. The lowest BCUT2D eigenvalue weighted by atomic mass is 10.0. The van der Waals surface area contributed by atoms with E-state index in [1.165, 1.54) is 4.31 Å². The van der Waals surface area contributed by atoms with Crippen LogP contribution in [0.5, 0.6) is 0 Å². The van der Waals surface area contributed by atoms with Gasteiger partial charge in [-0.05, 0) is 36.8 Å². The van der Waals surface area contributed by atoms with Gasteiger partial charge >= 0.3 is 10.2 Å². The molecule has 1 unspecified atom stereocenters. The minimum Gasteiger partial charge on any atom is -0.396 e. The summed E-state index contributed by atoms with van der Waals surface area (Å²) in [5.41, 5.74) is 1.67. The van der Waals surface area contributed by atoms with E-state index in [1.54, 1.807) is 6.07 Å². The minimum absolute atomic E-state index is 0.0401. The van der Waals surface area contributed by atoms with Gasteiger partial charge in [0.2, 0.25) is 0 Å². The van der Waals surface area contributed by atoms with Gasteiger partial charge in [0.25, 0.3) is 0 Å². The molecule has 2 rings (SSSR count). The molecule has 0 amide bonds. The van der Waals surface area contributed by atoms with Crippen molar-refractivity contribution in [2.45, 2.75) is 32.6 Å². The van der Waals surface area contributed by atoms with Gasteiger partial charge in [0.05, 0.1) is 5.69 Å². The predicted octanol–water partition coefficient (Wildman–Crippen LogP) is 2.00. The Morgan fingerprint density at radius 1 is 1.38 bits per heavy atom. The van der Waals surface area contributed by atoms with Crippen LogP contribution in [-0.4, -0.2) is 37.5 Å². The fraction of sp³-hybridized carbons (Fsp3) is 0.600. The van der Waals surface area contributed by atoms with E-state index in [9.17, 15) is 13.5 Å². The molecule has 1 aromatic carbocycles. The van der Waals surface area contributed by atoms with Gasteiger partial charge in [-0.15, -0.1) is 0 Å². The second-order valence-electron chi connectivity index (χ2n) is 5.56. The molecule has 0 radical (unpaired) electrons. The summed E-state index contributed by atoms with van der Waals surface area (Å²) in [6.07, 6.45) is 3.49. The van der Waals surface area contributed by atoms with Crippen molar-refractivity contribution in [3.8, 4) is 0 Å². The van der Waals surface area contributed by atoms with Crippen molar-refractivity contribution in [2.24, 2.45) is 5.92 Å². The Labute approximate surface area is 127 Å². The van der Waals surface area contributed by atoms with Crippen LogP contribution in [0.15, 0.2) is 24.3 Å². The smallest absolute Gasteiger partial charge is 0.301 e. The summed E-state index contributed by atoms with van der Waals surface area (Å²) in [6.45, 7) is 3.02. The summed E-state index contributed by atoms with van der Waals surface area (Å²) in [4.78, 5) is 0. The van der Waals surface area contributed by atoms with Crippen LogP contribution in [0, 0.1) is 5.92 Å². The quantitative estimate of drug-likeness (QED) is 0.844. The number of hydrogen-bond donors (Lipinski definition) is 2. The molecule has 0 saturated carbocycles. The van der Waals surface area contributed by atoms with Crippen molar-refractivity contribution in [3.05, 3.63) is 29.8 Å². The molecule has 5 nitrogen and oxygen atoms in total. The number of benzene rings is 1. The molecule has 0 bridgehead atoms. The van der Waals surface area contributed by atoms with E-state index in [1.807, 2.05) is 18.2 Å². The number of hydrogen-bond acceptors (Lipinski definition) is 3. The van der Waals surface area contributed by atoms with E-state index in [2.05, 4.69) is 11.6 Å². The standard InChI is InChI=1S/C15H24N2O3S/c1-2-6-14-8-3-4-9-15(14)16-21(19,20)17-10-5-7-13(11-17)12-18/h3-4,8-9,13,16,18H,2,5-7,10-12H2,1H3. The number of para-hydroxylation sites is 1. The Morgan fingerprint density at radius 2 is 2.14 bits per heavy atom. The average molecular weight is 312 g/mol. The van der Waals surface area contributed by atoms with Gasteiger partial charge < -0.3 is 5.11 Å². The average Bonchev–Trinajstić information content (AvgIpc) is 2.49. The molecule has 1 fully saturated rings. The molecule has 1 atom stereocenters. The second kappa shape index (κ2) is 7.24. The lowest BCUT2D eigenvalue weighted by Crippen LogP contribution is -2.43. The molecule has 118 valence electrons. The Hall–Kier alpha value is -1.11. The van der Waals surface area contributed by atoms with E-state index in [4.69, 9.17) is 0 Å². The normalized spacial score (nSPS) is 20.4. The SMILES string of the molecule is CCCc1ccccc1NS(=O)(=O)N1CCCC(CO)C1. The number of anilines is 1. The van der Waals surface area contributed by atoms with Crippen LogP contribution in [0.1, 0.15) is 31.7 Å². The van der Waals surface area contributed by atoms with Crippen molar-refractivity contribution < 1.29 is 13.5 Å². The summed E-state index contributed by atoms with van der Waals surface area (Å²) in [5, 5.41) is 9.24. The highest BCUT2D eigenvalue weighted by Gasteiger charge is 2.28. The van der Waals surface area contributed by atoms with Crippen LogP contribution in [0.4, 0.5) is 5.69 Å². The molecule has 2 N–H and O–H groups in total. The minimum atomic E-state index is -3.55. The van der Waals surface area contributed by atoms with Crippen LogP contribution in [0.25, 0.3) is 0 Å². The summed E-state index contributed by atoms with van der Waals surface area (Å²) in [6, 6.07) is 7.51. The van der Waals surface area contributed by atoms with Gasteiger partial charge in [0, 0.05) is 19.7 Å². The van der Waals surface area contributed by atoms with E-state index < -0.39 is 10.2 Å². The van der Waals surface area contributed by atoms with Crippen molar-refractivity contribution in [1.29, 1.82) is 0 Å². The predicted molar refractivity (Wildman–Crippen MR) is 84.4 cm³/mol. The zero-order chi connectivity index (χ0) is 15.3. The lowest BCUT2D eigenvalue weighted by molar-refractivity contribution is 0.166. The molecule has 6 heteroatoms. The Bertz CT molecular complexity index is 560. The molecular weight excluding hydrogens is 288 g/mol. The largest absolute Gasteiger partial charge is 0.396 e. The molecule has 1 aliphatic heterocycles. The zero-order valence-corrected chi connectivity index (χ0v) is 13.3. The number of rotatable bonds is 6. The van der Waals surface area contributed by atoms with E-state index >= 15 is 0 Å². The van der Waals surface area contributed by atoms with Crippen LogP contribution < -0.4 is 4.72 Å². The first-order valence-electron chi connectivity index (χ1n) is 7.53. The van der Waals surface area contributed by atoms with Crippen molar-refractivity contribution in [1.82, 2.24) is 4.31 Å². The van der Waals surface area contributed by atoms with E-state index in [0.717, 1.165) is 31.2 Å². The molecule has 1 saturated heterocycles. The second-order valence-corrected chi connectivity index (χ2v) is 7.23. The van der Waals surface area contributed by atoms with Crippen LogP contribution in [0.3, 0.4) is 0 Å². The molecule has 1 aliphatic rings. The molecular formula is C15H24N2O3S. The fourth-order valence-corrected chi connectivity index (χ4v) is 4.09. The Morgan fingerprint density at radius 3 is 2.86 bits per heavy atom. The molecule has 1 heterocycles. The number of aliphatic hydroxyl groups is 1. The summed E-state index contributed by atoms with van der Waals surface area (Å²) < 4.78 is 29.2. The van der Waals surface area contributed by atoms with Gasteiger partial charge in [0.15, 0.2) is 0 Å². The monoisotopic (exact) mass is 312 g/mol. The molecule has 0 spiro atoms. The van der Waals surface area contributed by atoms with Gasteiger partial charge in [-0.1, -0.05) is 31.5 Å². The first-order chi connectivity index (χ1) is 10.1. The van der Waals surface area contributed by atoms with Crippen LogP contribution >= 0.6 is 0 Å². The highest BCUT2D eigenvalue weighted by Crippen LogP contribution is 2.23. The third-order valence-corrected chi connectivity index (χ3v) is 5.34. The van der Waals surface area contributed by atoms with Crippen molar-refractivity contribution >= 4 is 15.9 Å². The van der Waals surface area contributed by atoms with Crippen molar-refractivity contribution in [3.63, 3.8) is 0 Å². The number of piperidine rings is 1. The molecule has 0 aromatic heterocycles. The highest BCUT2D eigenvalue weighted by atomic mass is 32.2. The number of aryl methyl sites for hydroxylation is 1. The molecule has 1 aromatic rings. The third kappa shape index (κ3) is 4.18.